The number of hydrogen-bond donors (Lipinski definition) is 1. The molecule has 0 aromatic heterocycles. The number of carboxylic acid groups (broad SMARTS) is 1. The Morgan fingerprint density at radius 1 is 1.19 bits per heavy atom. The van der Waals surface area contributed by atoms with E-state index in [-0.39, 0.29) is 0 Å². The van der Waals surface area contributed by atoms with E-state index in [0.29, 0.717) is 5.75 Å². The van der Waals surface area contributed by atoms with Gasteiger partial charge in [0.05, 0.1) is 7.11 Å². The Morgan fingerprint density at radius 3 is 2.52 bits per heavy atom. The van der Waals surface area contributed by atoms with Crippen molar-refractivity contribution >= 4 is 23.8 Å². The van der Waals surface area contributed by atoms with Crippen molar-refractivity contribution in [1.29, 1.82) is 0 Å². The molecule has 4 heteroatoms. The number of aliphatic carboxylic acids is 1. The second-order valence-electron chi connectivity index (χ2n) is 4.49. The number of ether oxygens (including phenoxy) is 1. The third-order valence-corrected chi connectivity index (χ3v) is 3.97. The lowest BCUT2D eigenvalue weighted by Gasteiger charge is -2.08. The van der Waals surface area contributed by atoms with Crippen LogP contribution in [-0.2, 0) is 4.79 Å². The number of carbonyl (C=O) groups is 1. The molecule has 0 aliphatic heterocycles. The summed E-state index contributed by atoms with van der Waals surface area (Å²) in [6.07, 6.45) is 2.72. The van der Waals surface area contributed by atoms with Gasteiger partial charge in [-0.05, 0) is 48.9 Å². The monoisotopic (exact) mass is 300 g/mol. The van der Waals surface area contributed by atoms with Gasteiger partial charge in [-0.15, -0.1) is 0 Å². The standard InChI is InChI=1S/C17H16O3S/c1-12-3-7-15(8-4-12)21-16-9-6-14(20-2)11-13(16)5-10-17(18)19/h3-11H,1-2H3,(H,18,19). The molecule has 0 unspecified atom stereocenters. The van der Waals surface area contributed by atoms with Gasteiger partial charge in [0, 0.05) is 15.9 Å². The Balaban J connectivity index is 2.32. The number of methoxy groups -OCH3 is 1. The fourth-order valence-electron chi connectivity index (χ4n) is 1.77. The van der Waals surface area contributed by atoms with Crippen molar-refractivity contribution in [1.82, 2.24) is 0 Å². The minimum Gasteiger partial charge on any atom is -0.497 e. The largest absolute Gasteiger partial charge is 0.497 e. The molecule has 0 amide bonds. The zero-order valence-electron chi connectivity index (χ0n) is 11.9. The Bertz CT molecular complexity index is 660. The molecule has 21 heavy (non-hydrogen) atoms. The van der Waals surface area contributed by atoms with Crippen LogP contribution in [0, 0.1) is 6.92 Å². The van der Waals surface area contributed by atoms with Crippen molar-refractivity contribution in [2.24, 2.45) is 0 Å². The van der Waals surface area contributed by atoms with Crippen molar-refractivity contribution in [3.8, 4) is 5.75 Å². The molecular formula is C17H16O3S. The first-order chi connectivity index (χ1) is 10.1. The van der Waals surface area contributed by atoms with E-state index in [1.54, 1.807) is 24.9 Å². The van der Waals surface area contributed by atoms with Gasteiger partial charge in [-0.1, -0.05) is 29.5 Å². The van der Waals surface area contributed by atoms with Crippen LogP contribution < -0.4 is 4.74 Å². The van der Waals surface area contributed by atoms with E-state index in [2.05, 4.69) is 24.3 Å². The van der Waals surface area contributed by atoms with Crippen molar-refractivity contribution in [3.63, 3.8) is 0 Å². The average Bonchev–Trinajstić information content (AvgIpc) is 2.48. The maximum Gasteiger partial charge on any atom is 0.328 e. The van der Waals surface area contributed by atoms with Crippen LogP contribution in [0.1, 0.15) is 11.1 Å². The van der Waals surface area contributed by atoms with Crippen LogP contribution in [0.15, 0.2) is 58.3 Å². The topological polar surface area (TPSA) is 46.5 Å². The normalized spacial score (nSPS) is 10.8. The first-order valence-corrected chi connectivity index (χ1v) is 7.23. The number of hydrogen-bond acceptors (Lipinski definition) is 3. The summed E-state index contributed by atoms with van der Waals surface area (Å²) >= 11 is 1.59. The molecule has 108 valence electrons. The van der Waals surface area contributed by atoms with Crippen LogP contribution in [0.25, 0.3) is 6.08 Å². The molecule has 0 bridgehead atoms. The Labute approximate surface area is 128 Å². The van der Waals surface area contributed by atoms with Crippen molar-refractivity contribution in [2.75, 3.05) is 7.11 Å². The van der Waals surface area contributed by atoms with Crippen LogP contribution in [-0.4, -0.2) is 18.2 Å². The van der Waals surface area contributed by atoms with Gasteiger partial charge in [-0.25, -0.2) is 4.79 Å². The number of benzene rings is 2. The number of rotatable bonds is 5. The molecule has 1 N–H and O–H groups in total. The van der Waals surface area contributed by atoms with Gasteiger partial charge in [0.15, 0.2) is 0 Å². The molecule has 0 aliphatic carbocycles. The van der Waals surface area contributed by atoms with E-state index >= 15 is 0 Å². The summed E-state index contributed by atoms with van der Waals surface area (Å²) in [5, 5.41) is 8.79. The molecule has 0 fully saturated rings. The van der Waals surface area contributed by atoms with Gasteiger partial charge in [0.1, 0.15) is 5.75 Å². The summed E-state index contributed by atoms with van der Waals surface area (Å²) in [7, 11) is 1.59. The number of aryl methyl sites for hydroxylation is 1. The Morgan fingerprint density at radius 2 is 1.90 bits per heavy atom. The summed E-state index contributed by atoms with van der Waals surface area (Å²) in [5.74, 6) is -0.266. The lowest BCUT2D eigenvalue weighted by atomic mass is 10.2. The molecule has 0 atom stereocenters. The summed E-state index contributed by atoms with van der Waals surface area (Å²) in [6, 6.07) is 13.8. The molecule has 0 radical (unpaired) electrons. The van der Waals surface area contributed by atoms with Gasteiger partial charge < -0.3 is 9.84 Å². The summed E-state index contributed by atoms with van der Waals surface area (Å²) in [4.78, 5) is 12.8. The Kier molecular flexibility index (Phi) is 5.06. The molecular weight excluding hydrogens is 284 g/mol. The van der Waals surface area contributed by atoms with Gasteiger partial charge in [0.25, 0.3) is 0 Å². The highest BCUT2D eigenvalue weighted by Crippen LogP contribution is 2.33. The molecule has 0 saturated heterocycles. The zero-order valence-corrected chi connectivity index (χ0v) is 12.7. The SMILES string of the molecule is COc1ccc(Sc2ccc(C)cc2)c(C=CC(=O)O)c1. The molecule has 0 heterocycles. The van der Waals surface area contributed by atoms with E-state index in [9.17, 15) is 4.79 Å². The molecule has 0 saturated carbocycles. The van der Waals surface area contributed by atoms with Crippen LogP contribution >= 0.6 is 11.8 Å². The number of carboxylic acids is 1. The summed E-state index contributed by atoms with van der Waals surface area (Å²) < 4.78 is 5.19. The van der Waals surface area contributed by atoms with E-state index in [1.807, 2.05) is 25.1 Å². The maximum atomic E-state index is 10.7. The van der Waals surface area contributed by atoms with Gasteiger partial charge in [-0.3, -0.25) is 0 Å². The van der Waals surface area contributed by atoms with Crippen molar-refractivity contribution < 1.29 is 14.6 Å². The summed E-state index contributed by atoms with van der Waals surface area (Å²) in [5.41, 5.74) is 2.03. The highest BCUT2D eigenvalue weighted by Gasteiger charge is 2.05. The Hall–Kier alpha value is -2.20. The van der Waals surface area contributed by atoms with E-state index in [4.69, 9.17) is 9.84 Å². The molecule has 2 aromatic rings. The van der Waals surface area contributed by atoms with Gasteiger partial charge >= 0.3 is 5.97 Å². The third kappa shape index (κ3) is 4.39. The van der Waals surface area contributed by atoms with Gasteiger partial charge in [-0.2, -0.15) is 0 Å². The van der Waals surface area contributed by atoms with Crippen molar-refractivity contribution in [2.45, 2.75) is 16.7 Å². The highest BCUT2D eigenvalue weighted by molar-refractivity contribution is 7.99. The molecule has 0 aliphatic rings. The predicted molar refractivity (Wildman–Crippen MR) is 85.0 cm³/mol. The van der Waals surface area contributed by atoms with Gasteiger partial charge in [0.2, 0.25) is 0 Å². The summed E-state index contributed by atoms with van der Waals surface area (Å²) in [6.45, 7) is 2.04. The lowest BCUT2D eigenvalue weighted by molar-refractivity contribution is -0.131. The molecule has 3 nitrogen and oxygen atoms in total. The average molecular weight is 300 g/mol. The minimum atomic E-state index is -0.968. The highest BCUT2D eigenvalue weighted by atomic mass is 32.2. The zero-order chi connectivity index (χ0) is 15.2. The molecule has 0 spiro atoms. The van der Waals surface area contributed by atoms with Crippen LogP contribution in [0.4, 0.5) is 0 Å². The van der Waals surface area contributed by atoms with Crippen LogP contribution in [0.3, 0.4) is 0 Å². The quantitative estimate of drug-likeness (QED) is 0.838. The minimum absolute atomic E-state index is 0.702. The molecule has 2 aromatic carbocycles. The van der Waals surface area contributed by atoms with E-state index in [1.165, 1.54) is 5.56 Å². The second-order valence-corrected chi connectivity index (χ2v) is 5.61. The first-order valence-electron chi connectivity index (χ1n) is 6.42. The first kappa shape index (κ1) is 15.2. The van der Waals surface area contributed by atoms with E-state index < -0.39 is 5.97 Å². The van der Waals surface area contributed by atoms with E-state index in [0.717, 1.165) is 21.4 Å². The fraction of sp³-hybridized carbons (Fsp3) is 0.118. The van der Waals surface area contributed by atoms with Crippen molar-refractivity contribution in [3.05, 3.63) is 59.7 Å². The second kappa shape index (κ2) is 6.99. The maximum absolute atomic E-state index is 10.7. The third-order valence-electron chi connectivity index (χ3n) is 2.87. The fourth-order valence-corrected chi connectivity index (χ4v) is 2.68. The van der Waals surface area contributed by atoms with Crippen LogP contribution in [0.2, 0.25) is 0 Å². The predicted octanol–water partition coefficient (Wildman–Crippen LogP) is 4.25. The smallest absolute Gasteiger partial charge is 0.328 e. The van der Waals surface area contributed by atoms with Crippen LogP contribution in [0.5, 0.6) is 5.75 Å². The lowest BCUT2D eigenvalue weighted by Crippen LogP contribution is -1.89. The molecule has 2 rings (SSSR count).